The molecule has 0 aromatic carbocycles. The Balaban J connectivity index is 0.000000422. The van der Waals surface area contributed by atoms with E-state index >= 15 is 0 Å². The van der Waals surface area contributed by atoms with Crippen molar-refractivity contribution in [3.63, 3.8) is 0 Å². The van der Waals surface area contributed by atoms with E-state index in [2.05, 4.69) is 10.2 Å². The van der Waals surface area contributed by atoms with Crippen molar-refractivity contribution in [3.8, 4) is 0 Å². The molecule has 2 nitrogen and oxygen atoms in total. The van der Waals surface area contributed by atoms with Crippen LogP contribution in [-0.4, -0.2) is 36.6 Å². The maximum absolute atomic E-state index is 3.50. The first-order chi connectivity index (χ1) is 5.45. The van der Waals surface area contributed by atoms with Crippen molar-refractivity contribution in [2.45, 2.75) is 31.3 Å². The second-order valence-corrected chi connectivity index (χ2v) is 4.24. The summed E-state index contributed by atoms with van der Waals surface area (Å²) in [7, 11) is 0. The molecule has 0 amide bonds. The molecule has 1 N–H and O–H groups in total. The molecule has 0 aromatic heterocycles. The molecular weight excluding hydrogens is 207 g/mol. The number of nitrogens with zero attached hydrogens (tertiary/aromatic N) is 1. The van der Waals surface area contributed by atoms with E-state index in [1.807, 2.05) is 0 Å². The average Bonchev–Trinajstić information content (AvgIpc) is 2.64. The van der Waals surface area contributed by atoms with Crippen LogP contribution in [0.3, 0.4) is 0 Å². The number of hydrogen-bond acceptors (Lipinski definition) is 2. The predicted molar refractivity (Wildman–Crippen MR) is 59.0 cm³/mol. The highest BCUT2D eigenvalue weighted by Gasteiger charge is 2.45. The lowest BCUT2D eigenvalue weighted by Gasteiger charge is -2.39. The minimum Gasteiger partial charge on any atom is -0.314 e. The number of nitrogens with one attached hydrogen (secondary N) is 1. The van der Waals surface area contributed by atoms with Crippen LogP contribution in [0.5, 0.6) is 0 Å². The number of piperidine rings is 1. The van der Waals surface area contributed by atoms with E-state index in [4.69, 9.17) is 0 Å². The zero-order valence-electron chi connectivity index (χ0n) is 7.74. The van der Waals surface area contributed by atoms with E-state index in [0.29, 0.717) is 0 Å². The fourth-order valence-corrected chi connectivity index (χ4v) is 3.27. The number of halogens is 2. The Bertz CT molecular complexity index is 159. The Hall–Kier alpha value is 0.500. The SMILES string of the molecule is C1CN2[C@H]3CC[C@H](C3)[C@H]2CN1.Cl.Cl. The standard InChI is InChI=1S/C9H16N2.2ClH/c1-2-8-5-7(1)9-6-10-3-4-11(8)9;;/h7-10H,1-6H2;2*1H/t7-,8+,9-;;/m1../s1. The first-order valence-electron chi connectivity index (χ1n) is 4.91. The zero-order valence-corrected chi connectivity index (χ0v) is 9.37. The summed E-state index contributed by atoms with van der Waals surface area (Å²) in [5.74, 6) is 1.05. The minimum atomic E-state index is 0. The first-order valence-corrected chi connectivity index (χ1v) is 4.91. The lowest BCUT2D eigenvalue weighted by Crippen LogP contribution is -2.53. The maximum Gasteiger partial charge on any atom is 0.0252 e. The van der Waals surface area contributed by atoms with Crippen LogP contribution in [0.4, 0.5) is 0 Å². The van der Waals surface area contributed by atoms with Gasteiger partial charge in [-0.2, -0.15) is 0 Å². The fourth-order valence-electron chi connectivity index (χ4n) is 3.27. The van der Waals surface area contributed by atoms with Crippen LogP contribution in [0.25, 0.3) is 0 Å². The summed E-state index contributed by atoms with van der Waals surface area (Å²) < 4.78 is 0. The summed E-state index contributed by atoms with van der Waals surface area (Å²) in [6, 6.07) is 1.90. The lowest BCUT2D eigenvalue weighted by atomic mass is 9.97. The highest BCUT2D eigenvalue weighted by Crippen LogP contribution is 2.42. The van der Waals surface area contributed by atoms with Gasteiger partial charge in [0.1, 0.15) is 0 Å². The quantitative estimate of drug-likeness (QED) is 0.668. The lowest BCUT2D eigenvalue weighted by molar-refractivity contribution is 0.112. The van der Waals surface area contributed by atoms with Gasteiger partial charge in [0, 0.05) is 31.7 Å². The van der Waals surface area contributed by atoms with E-state index in [1.54, 1.807) is 0 Å². The molecule has 2 aliphatic heterocycles. The highest BCUT2D eigenvalue weighted by atomic mass is 35.5. The van der Waals surface area contributed by atoms with Gasteiger partial charge in [0.05, 0.1) is 0 Å². The molecular formula is C9H18Cl2N2. The maximum atomic E-state index is 3.50. The monoisotopic (exact) mass is 224 g/mol. The molecule has 3 fully saturated rings. The first kappa shape index (κ1) is 11.6. The summed E-state index contributed by atoms with van der Waals surface area (Å²) in [5, 5.41) is 3.50. The second kappa shape index (κ2) is 4.35. The summed E-state index contributed by atoms with van der Waals surface area (Å²) in [6.45, 7) is 3.80. The van der Waals surface area contributed by atoms with E-state index < -0.39 is 0 Å². The van der Waals surface area contributed by atoms with Gasteiger partial charge in [-0.15, -0.1) is 24.8 Å². The van der Waals surface area contributed by atoms with Gasteiger partial charge in [0.15, 0.2) is 0 Å². The van der Waals surface area contributed by atoms with Crippen molar-refractivity contribution in [3.05, 3.63) is 0 Å². The Morgan fingerprint density at radius 3 is 2.77 bits per heavy atom. The number of hydrogen-bond donors (Lipinski definition) is 1. The van der Waals surface area contributed by atoms with Gasteiger partial charge in [0.2, 0.25) is 0 Å². The molecule has 78 valence electrons. The molecule has 0 unspecified atom stereocenters. The van der Waals surface area contributed by atoms with E-state index in [0.717, 1.165) is 18.0 Å². The average molecular weight is 225 g/mol. The number of piperazine rings is 1. The normalized spacial score (nSPS) is 42.0. The molecule has 0 aromatic rings. The third-order valence-electron chi connectivity index (χ3n) is 3.78. The van der Waals surface area contributed by atoms with E-state index in [9.17, 15) is 0 Å². The molecule has 4 heteroatoms. The van der Waals surface area contributed by atoms with E-state index in [-0.39, 0.29) is 24.8 Å². The predicted octanol–water partition coefficient (Wildman–Crippen LogP) is 1.29. The molecule has 0 radical (unpaired) electrons. The fraction of sp³-hybridized carbons (Fsp3) is 1.00. The second-order valence-electron chi connectivity index (χ2n) is 4.24. The Kier molecular flexibility index (Phi) is 3.87. The van der Waals surface area contributed by atoms with Crippen LogP contribution in [0, 0.1) is 5.92 Å². The Morgan fingerprint density at radius 2 is 2.00 bits per heavy atom. The largest absolute Gasteiger partial charge is 0.314 e. The molecule has 0 spiro atoms. The topological polar surface area (TPSA) is 15.3 Å². The minimum absolute atomic E-state index is 0. The van der Waals surface area contributed by atoms with Gasteiger partial charge in [-0.05, 0) is 25.2 Å². The number of rotatable bonds is 0. The van der Waals surface area contributed by atoms with Gasteiger partial charge in [0.25, 0.3) is 0 Å². The van der Waals surface area contributed by atoms with Gasteiger partial charge in [-0.1, -0.05) is 0 Å². The zero-order chi connectivity index (χ0) is 7.26. The van der Waals surface area contributed by atoms with Crippen LogP contribution in [0.15, 0.2) is 0 Å². The summed E-state index contributed by atoms with van der Waals surface area (Å²) >= 11 is 0. The molecule has 3 atom stereocenters. The Morgan fingerprint density at radius 1 is 1.15 bits per heavy atom. The molecule has 2 saturated heterocycles. The number of fused-ring (bicyclic) bond motifs is 5. The van der Waals surface area contributed by atoms with Gasteiger partial charge in [-0.3, -0.25) is 4.90 Å². The highest BCUT2D eigenvalue weighted by molar-refractivity contribution is 5.85. The van der Waals surface area contributed by atoms with E-state index in [1.165, 1.54) is 38.9 Å². The van der Waals surface area contributed by atoms with Crippen LogP contribution in [0.1, 0.15) is 19.3 Å². The summed E-state index contributed by atoms with van der Waals surface area (Å²) in [5.41, 5.74) is 0. The Labute approximate surface area is 92.3 Å². The van der Waals surface area contributed by atoms with Gasteiger partial charge < -0.3 is 5.32 Å². The van der Waals surface area contributed by atoms with Gasteiger partial charge in [-0.25, -0.2) is 0 Å². The molecule has 1 saturated carbocycles. The molecule has 1 aliphatic carbocycles. The van der Waals surface area contributed by atoms with Crippen molar-refractivity contribution in [2.75, 3.05) is 19.6 Å². The third kappa shape index (κ3) is 1.70. The summed E-state index contributed by atoms with van der Waals surface area (Å²) in [6.07, 6.45) is 4.50. The van der Waals surface area contributed by atoms with Crippen molar-refractivity contribution in [1.29, 1.82) is 0 Å². The smallest absolute Gasteiger partial charge is 0.0252 e. The van der Waals surface area contributed by atoms with Crippen LogP contribution in [-0.2, 0) is 0 Å². The molecule has 2 heterocycles. The third-order valence-corrected chi connectivity index (χ3v) is 3.78. The van der Waals surface area contributed by atoms with Crippen molar-refractivity contribution >= 4 is 24.8 Å². The van der Waals surface area contributed by atoms with Crippen molar-refractivity contribution in [1.82, 2.24) is 10.2 Å². The molecule has 3 rings (SSSR count). The molecule has 3 aliphatic rings. The van der Waals surface area contributed by atoms with Crippen LogP contribution in [0.2, 0.25) is 0 Å². The van der Waals surface area contributed by atoms with Gasteiger partial charge >= 0.3 is 0 Å². The van der Waals surface area contributed by atoms with Crippen molar-refractivity contribution in [2.24, 2.45) is 5.92 Å². The van der Waals surface area contributed by atoms with Crippen LogP contribution < -0.4 is 5.32 Å². The summed E-state index contributed by atoms with van der Waals surface area (Å²) in [4.78, 5) is 2.75. The molecule has 2 bridgehead atoms. The van der Waals surface area contributed by atoms with Crippen molar-refractivity contribution < 1.29 is 0 Å². The van der Waals surface area contributed by atoms with Crippen LogP contribution >= 0.6 is 24.8 Å². The molecule has 13 heavy (non-hydrogen) atoms.